The third-order valence-corrected chi connectivity index (χ3v) is 5.79. The molecule has 0 fully saturated rings. The number of hydrogen-bond donors (Lipinski definition) is 3. The molecule has 0 aliphatic carbocycles. The monoisotopic (exact) mass is 613 g/mol. The van der Waals surface area contributed by atoms with Gasteiger partial charge in [0.25, 0.3) is 0 Å². The number of anilines is 2. The van der Waals surface area contributed by atoms with Crippen molar-refractivity contribution < 1.29 is 27.4 Å². The van der Waals surface area contributed by atoms with Crippen LogP contribution in [-0.4, -0.2) is 55.3 Å². The molecule has 0 aliphatic heterocycles. The summed E-state index contributed by atoms with van der Waals surface area (Å²) in [6.07, 6.45) is 3.00. The van der Waals surface area contributed by atoms with E-state index in [1.165, 1.54) is 25.6 Å². The molecule has 1 atom stereocenters. The molecule has 0 radical (unpaired) electrons. The Balaban J connectivity index is 0.000000278. The summed E-state index contributed by atoms with van der Waals surface area (Å²) in [5.41, 5.74) is 12.7. The number of hydrogen-bond acceptors (Lipinski definition) is 11. The first-order valence-electron chi connectivity index (χ1n) is 13.4. The Kier molecular flexibility index (Phi) is 11.8. The van der Waals surface area contributed by atoms with Crippen LogP contribution in [0.15, 0.2) is 48.8 Å². The molecule has 0 saturated carbocycles. The molecule has 15 heteroatoms. The molecule has 0 aromatic carbocycles. The van der Waals surface area contributed by atoms with Gasteiger partial charge in [0, 0.05) is 17.9 Å². The number of nitrogens with two attached hydrogens (primary N) is 2. The Labute approximate surface area is 252 Å². The molecule has 4 heterocycles. The molecule has 0 aliphatic rings. The van der Waals surface area contributed by atoms with Crippen LogP contribution in [0.1, 0.15) is 38.6 Å². The van der Waals surface area contributed by atoms with E-state index in [2.05, 4.69) is 53.8 Å². The lowest BCUT2D eigenvalue weighted by Crippen LogP contribution is -2.43. The van der Waals surface area contributed by atoms with Crippen molar-refractivity contribution in [1.82, 2.24) is 29.9 Å². The van der Waals surface area contributed by atoms with Crippen LogP contribution in [0.4, 0.5) is 29.9 Å². The van der Waals surface area contributed by atoms with Crippen LogP contribution in [0.2, 0.25) is 0 Å². The normalized spacial score (nSPS) is 12.1. The number of ether oxygens (including phenoxy) is 2. The van der Waals surface area contributed by atoms with E-state index in [-0.39, 0.29) is 29.9 Å². The van der Waals surface area contributed by atoms with Crippen LogP contribution in [0.3, 0.4) is 0 Å². The van der Waals surface area contributed by atoms with E-state index in [0.29, 0.717) is 34.4 Å². The third kappa shape index (κ3) is 9.83. The van der Waals surface area contributed by atoms with E-state index in [4.69, 9.17) is 16.2 Å². The average molecular weight is 614 g/mol. The van der Waals surface area contributed by atoms with Crippen LogP contribution in [-0.2, 0) is 18.1 Å². The van der Waals surface area contributed by atoms with Gasteiger partial charge in [0.2, 0.25) is 11.9 Å². The van der Waals surface area contributed by atoms with Gasteiger partial charge in [-0.15, -0.1) is 0 Å². The van der Waals surface area contributed by atoms with Gasteiger partial charge in [-0.25, -0.2) is 47.9 Å². The van der Waals surface area contributed by atoms with Gasteiger partial charge in [0.05, 0.1) is 29.9 Å². The maximum absolute atomic E-state index is 13.5. The van der Waals surface area contributed by atoms with Crippen LogP contribution >= 0.6 is 0 Å². The number of carbonyl (C=O) groups is 1. The molecule has 44 heavy (non-hydrogen) atoms. The summed E-state index contributed by atoms with van der Waals surface area (Å²) in [7, 11) is 1.24. The maximum Gasteiger partial charge on any atom is 0.413 e. The fourth-order valence-electron chi connectivity index (χ4n) is 4.03. The molecule has 0 unspecified atom stereocenters. The van der Waals surface area contributed by atoms with Crippen molar-refractivity contribution in [3.8, 4) is 28.5 Å². The molecular formula is C29H34F3N9O3. The molecule has 234 valence electrons. The van der Waals surface area contributed by atoms with Crippen LogP contribution in [0.5, 0.6) is 5.75 Å². The highest BCUT2D eigenvalue weighted by molar-refractivity contribution is 5.82. The summed E-state index contributed by atoms with van der Waals surface area (Å²) >= 11 is 0. The minimum Gasteiger partial charge on any atom is -0.490 e. The fourth-order valence-corrected chi connectivity index (χ4v) is 4.03. The highest BCUT2D eigenvalue weighted by Gasteiger charge is 2.22. The quantitative estimate of drug-likeness (QED) is 0.218. The summed E-state index contributed by atoms with van der Waals surface area (Å²) < 4.78 is 49.2. The van der Waals surface area contributed by atoms with Crippen molar-refractivity contribution in [3.63, 3.8) is 0 Å². The Morgan fingerprint density at radius 1 is 0.909 bits per heavy atom. The predicted molar refractivity (Wildman–Crippen MR) is 158 cm³/mol. The Morgan fingerprint density at radius 3 is 2.11 bits per heavy atom. The lowest BCUT2D eigenvalue weighted by Gasteiger charge is -2.27. The first-order valence-corrected chi connectivity index (χ1v) is 13.4. The standard InChI is InChI=1S/C19H26FN5O3.C10H8F2N4/c1-12(2)9-19(3,21)11-28-16-6-5-13(23-15(16)10-20)14-7-8-22-17(24-14)25-18(26)27-4;11-5-9-6(12)1-2-7(15-9)8-3-4-14-10(13)16-8/h5-8,12H,9-11,21H2,1-4H3,(H,22,24,25,26);1-4H,5H2,(H2,13,14,16)/t19-;/m0./s1. The maximum atomic E-state index is 13.5. The number of nitrogen functional groups attached to an aromatic ring is 1. The van der Waals surface area contributed by atoms with Gasteiger partial charge in [-0.2, -0.15) is 0 Å². The number of nitrogens with zero attached hydrogens (tertiary/aromatic N) is 6. The number of amides is 1. The number of pyridine rings is 2. The van der Waals surface area contributed by atoms with E-state index in [9.17, 15) is 18.0 Å². The van der Waals surface area contributed by atoms with Gasteiger partial charge in [-0.1, -0.05) is 13.8 Å². The highest BCUT2D eigenvalue weighted by Crippen LogP contribution is 2.25. The molecule has 0 spiro atoms. The molecule has 4 rings (SSSR count). The van der Waals surface area contributed by atoms with Crippen molar-refractivity contribution in [2.24, 2.45) is 11.7 Å². The van der Waals surface area contributed by atoms with Gasteiger partial charge in [-0.3, -0.25) is 5.32 Å². The summed E-state index contributed by atoms with van der Waals surface area (Å²) in [6, 6.07) is 9.03. The Morgan fingerprint density at radius 2 is 1.50 bits per heavy atom. The first-order chi connectivity index (χ1) is 20.9. The smallest absolute Gasteiger partial charge is 0.413 e. The van der Waals surface area contributed by atoms with Crippen molar-refractivity contribution in [2.75, 3.05) is 24.8 Å². The van der Waals surface area contributed by atoms with Crippen LogP contribution < -0.4 is 21.5 Å². The molecule has 12 nitrogen and oxygen atoms in total. The number of methoxy groups -OCH3 is 1. The van der Waals surface area contributed by atoms with E-state index in [0.717, 1.165) is 12.5 Å². The summed E-state index contributed by atoms with van der Waals surface area (Å²) in [6.45, 7) is 4.56. The Hall–Kier alpha value is -4.92. The van der Waals surface area contributed by atoms with Crippen molar-refractivity contribution in [1.29, 1.82) is 0 Å². The first kappa shape index (κ1) is 33.6. The number of rotatable bonds is 10. The van der Waals surface area contributed by atoms with E-state index in [1.54, 1.807) is 24.3 Å². The lowest BCUT2D eigenvalue weighted by molar-refractivity contribution is 0.186. The van der Waals surface area contributed by atoms with Crippen LogP contribution in [0.25, 0.3) is 22.8 Å². The largest absolute Gasteiger partial charge is 0.490 e. The van der Waals surface area contributed by atoms with Gasteiger partial charge >= 0.3 is 6.09 Å². The topological polar surface area (TPSA) is 177 Å². The zero-order valence-electron chi connectivity index (χ0n) is 24.7. The van der Waals surface area contributed by atoms with Gasteiger partial charge in [0.15, 0.2) is 0 Å². The van der Waals surface area contributed by atoms with Crippen molar-refractivity contribution in [3.05, 3.63) is 66.0 Å². The molecule has 5 N–H and O–H groups in total. The van der Waals surface area contributed by atoms with E-state index >= 15 is 0 Å². The second-order valence-corrected chi connectivity index (χ2v) is 10.3. The zero-order valence-corrected chi connectivity index (χ0v) is 24.7. The number of nitrogens with one attached hydrogen (secondary N) is 1. The number of carbonyl (C=O) groups excluding carboxylic acids is 1. The van der Waals surface area contributed by atoms with Gasteiger partial charge in [0.1, 0.15) is 42.9 Å². The molecule has 4 aromatic rings. The molecule has 0 bridgehead atoms. The molecule has 4 aromatic heterocycles. The third-order valence-electron chi connectivity index (χ3n) is 5.79. The highest BCUT2D eigenvalue weighted by atomic mass is 19.1. The van der Waals surface area contributed by atoms with E-state index < -0.39 is 30.8 Å². The Bertz CT molecular complexity index is 1560. The summed E-state index contributed by atoms with van der Waals surface area (Å²) in [5.74, 6) is 0.235. The van der Waals surface area contributed by atoms with Crippen LogP contribution in [0, 0.1) is 11.7 Å². The number of halogens is 3. The number of aromatic nitrogens is 6. The lowest BCUT2D eigenvalue weighted by atomic mass is 9.93. The van der Waals surface area contributed by atoms with Crippen molar-refractivity contribution >= 4 is 18.0 Å². The molecule has 0 saturated heterocycles. The van der Waals surface area contributed by atoms with E-state index in [1.807, 2.05) is 6.92 Å². The summed E-state index contributed by atoms with van der Waals surface area (Å²) in [4.78, 5) is 35.1. The SMILES string of the molecule is COC(=O)Nc1nccc(-c2ccc(OC[C@@](C)(N)CC(C)C)c(CF)n2)n1.Nc1nccc(-c2ccc(F)c(CF)n2)n1. The summed E-state index contributed by atoms with van der Waals surface area (Å²) in [5, 5.41) is 2.37. The molecular weight excluding hydrogens is 579 g/mol. The zero-order chi connectivity index (χ0) is 32.3. The second-order valence-electron chi connectivity index (χ2n) is 10.3. The fraction of sp³-hybridized carbons (Fsp3) is 0.345. The number of alkyl halides is 2. The van der Waals surface area contributed by atoms with Crippen molar-refractivity contribution in [2.45, 2.75) is 46.1 Å². The molecule has 1 amide bonds. The van der Waals surface area contributed by atoms with Gasteiger partial charge in [-0.05, 0) is 55.7 Å². The average Bonchev–Trinajstić information content (AvgIpc) is 3.00. The minimum absolute atomic E-state index is 0.0564. The predicted octanol–water partition coefficient (Wildman–Crippen LogP) is 5.06. The minimum atomic E-state index is -0.958. The second kappa shape index (κ2) is 15.5. The van der Waals surface area contributed by atoms with Gasteiger partial charge < -0.3 is 20.9 Å².